The highest BCUT2D eigenvalue weighted by atomic mass is 16.6. The third-order valence-electron chi connectivity index (χ3n) is 2.43. The minimum absolute atomic E-state index is 0.0420. The molecule has 1 aromatic carbocycles. The van der Waals surface area contributed by atoms with Gasteiger partial charge in [-0.3, -0.25) is 4.79 Å². The largest absolute Gasteiger partial charge is 0.480 e. The van der Waals surface area contributed by atoms with Crippen LogP contribution >= 0.6 is 0 Å². The molecule has 0 aliphatic heterocycles. The number of imidazole rings is 1. The number of benzene rings is 1. The number of hydrogen-bond acceptors (Lipinski definition) is 4. The van der Waals surface area contributed by atoms with Gasteiger partial charge in [-0.05, 0) is 10.5 Å². The molecule has 1 aromatic heterocycles. The van der Waals surface area contributed by atoms with E-state index < -0.39 is 16.8 Å². The highest BCUT2D eigenvalue weighted by molar-refractivity contribution is 5.79. The summed E-state index contributed by atoms with van der Waals surface area (Å²) in [6, 6.07) is 8.42. The molecule has 0 aliphatic rings. The van der Waals surface area contributed by atoms with Crippen molar-refractivity contribution in [2.75, 3.05) is 0 Å². The zero-order valence-electron chi connectivity index (χ0n) is 9.11. The number of carboxylic acids is 1. The Morgan fingerprint density at radius 2 is 2.06 bits per heavy atom. The fourth-order valence-corrected chi connectivity index (χ4v) is 1.63. The number of aromatic amines is 1. The first-order valence-electron chi connectivity index (χ1n) is 5.06. The van der Waals surface area contributed by atoms with E-state index in [1.54, 1.807) is 30.3 Å². The Kier molecular flexibility index (Phi) is 3.05. The Morgan fingerprint density at radius 3 is 2.56 bits per heavy atom. The molecule has 0 saturated carbocycles. The normalized spacial score (nSPS) is 12.0. The molecule has 18 heavy (non-hydrogen) atoms. The van der Waals surface area contributed by atoms with Gasteiger partial charge in [0.25, 0.3) is 0 Å². The summed E-state index contributed by atoms with van der Waals surface area (Å²) in [5.41, 5.74) is 0.509. The first-order valence-corrected chi connectivity index (χ1v) is 5.06. The van der Waals surface area contributed by atoms with Crippen molar-refractivity contribution in [2.24, 2.45) is 0 Å². The molecule has 0 bridgehead atoms. The quantitative estimate of drug-likeness (QED) is 0.629. The Balaban J connectivity index is 2.42. The molecule has 0 saturated heterocycles. The monoisotopic (exact) mass is 247 g/mol. The van der Waals surface area contributed by atoms with Crippen molar-refractivity contribution in [3.05, 3.63) is 58.0 Å². The van der Waals surface area contributed by atoms with E-state index >= 15 is 0 Å². The molecule has 0 fully saturated rings. The highest BCUT2D eigenvalue weighted by Crippen LogP contribution is 2.23. The molecule has 0 radical (unpaired) electrons. The number of nitro groups is 1. The number of nitrogens with one attached hydrogen (secondary N) is 1. The summed E-state index contributed by atoms with van der Waals surface area (Å²) in [6.45, 7) is 0. The summed E-state index contributed by atoms with van der Waals surface area (Å²) in [5, 5.41) is 19.7. The zero-order chi connectivity index (χ0) is 13.1. The summed E-state index contributed by atoms with van der Waals surface area (Å²) in [5.74, 6) is -2.45. The second-order valence-corrected chi connectivity index (χ2v) is 3.59. The molecule has 0 aliphatic carbocycles. The predicted molar refractivity (Wildman–Crippen MR) is 61.2 cm³/mol. The van der Waals surface area contributed by atoms with E-state index in [1.165, 1.54) is 0 Å². The maximum absolute atomic E-state index is 11.2. The van der Waals surface area contributed by atoms with E-state index in [1.807, 2.05) is 0 Å². The van der Waals surface area contributed by atoms with Gasteiger partial charge < -0.3 is 15.2 Å². The number of H-pyrrole nitrogens is 1. The molecule has 2 rings (SSSR count). The highest BCUT2D eigenvalue weighted by Gasteiger charge is 2.28. The van der Waals surface area contributed by atoms with Crippen molar-refractivity contribution >= 4 is 11.8 Å². The lowest BCUT2D eigenvalue weighted by atomic mass is 9.99. The summed E-state index contributed by atoms with van der Waals surface area (Å²) < 4.78 is 0. The summed E-state index contributed by atoms with van der Waals surface area (Å²) >= 11 is 0. The van der Waals surface area contributed by atoms with Crippen molar-refractivity contribution in [2.45, 2.75) is 5.92 Å². The number of carboxylic acid groups (broad SMARTS) is 1. The average molecular weight is 247 g/mol. The van der Waals surface area contributed by atoms with Crippen LogP contribution < -0.4 is 0 Å². The fourth-order valence-electron chi connectivity index (χ4n) is 1.63. The number of hydrogen-bond donors (Lipinski definition) is 2. The van der Waals surface area contributed by atoms with E-state index in [0.717, 1.165) is 6.20 Å². The third kappa shape index (κ3) is 2.19. The van der Waals surface area contributed by atoms with Gasteiger partial charge in [0.2, 0.25) is 5.82 Å². The molecular formula is C11H9N3O4. The number of aromatic nitrogens is 2. The SMILES string of the molecule is O=C(O)C(c1ccccc1)c1ncc([N+](=O)[O-])[nH]1. The van der Waals surface area contributed by atoms with Gasteiger partial charge in [-0.1, -0.05) is 30.3 Å². The minimum atomic E-state index is -1.12. The lowest BCUT2D eigenvalue weighted by Gasteiger charge is -2.07. The van der Waals surface area contributed by atoms with E-state index in [4.69, 9.17) is 0 Å². The van der Waals surface area contributed by atoms with E-state index in [0.29, 0.717) is 5.56 Å². The first-order chi connectivity index (χ1) is 8.59. The van der Waals surface area contributed by atoms with Gasteiger partial charge in [-0.15, -0.1) is 0 Å². The summed E-state index contributed by atoms with van der Waals surface area (Å²) in [6.07, 6.45) is 1.01. The lowest BCUT2D eigenvalue weighted by molar-refractivity contribution is -0.389. The lowest BCUT2D eigenvalue weighted by Crippen LogP contribution is -2.14. The van der Waals surface area contributed by atoms with Crippen LogP contribution in [0, 0.1) is 10.1 Å². The molecule has 1 unspecified atom stereocenters. The zero-order valence-corrected chi connectivity index (χ0v) is 9.11. The van der Waals surface area contributed by atoms with Crippen molar-refractivity contribution < 1.29 is 14.8 Å². The molecule has 0 spiro atoms. The van der Waals surface area contributed by atoms with E-state index in [9.17, 15) is 20.0 Å². The second kappa shape index (κ2) is 4.66. The van der Waals surface area contributed by atoms with Gasteiger partial charge in [0.15, 0.2) is 5.92 Å². The smallest absolute Gasteiger partial charge is 0.340 e. The van der Waals surface area contributed by atoms with Crippen LogP contribution in [0.25, 0.3) is 0 Å². The molecule has 2 N–H and O–H groups in total. The van der Waals surface area contributed by atoms with Crippen molar-refractivity contribution in [1.29, 1.82) is 0 Å². The van der Waals surface area contributed by atoms with Crippen LogP contribution in [0.15, 0.2) is 36.5 Å². The van der Waals surface area contributed by atoms with E-state index in [2.05, 4.69) is 9.97 Å². The maximum atomic E-state index is 11.2. The van der Waals surface area contributed by atoms with Gasteiger partial charge >= 0.3 is 11.8 Å². The van der Waals surface area contributed by atoms with Gasteiger partial charge in [-0.2, -0.15) is 0 Å². The Bertz CT molecular complexity index is 579. The van der Waals surface area contributed by atoms with Crippen LogP contribution in [0.5, 0.6) is 0 Å². The van der Waals surface area contributed by atoms with Crippen LogP contribution in [0.1, 0.15) is 17.3 Å². The molecule has 92 valence electrons. The van der Waals surface area contributed by atoms with Crippen molar-refractivity contribution in [1.82, 2.24) is 9.97 Å². The third-order valence-corrected chi connectivity index (χ3v) is 2.43. The molecule has 7 nitrogen and oxygen atoms in total. The number of carbonyl (C=O) groups is 1. The van der Waals surface area contributed by atoms with Crippen LogP contribution in [0.3, 0.4) is 0 Å². The topological polar surface area (TPSA) is 109 Å². The number of nitrogens with zero attached hydrogens (tertiary/aromatic N) is 2. The van der Waals surface area contributed by atoms with Gasteiger partial charge in [0.05, 0.1) is 0 Å². The van der Waals surface area contributed by atoms with Gasteiger partial charge in [-0.25, -0.2) is 9.97 Å². The predicted octanol–water partition coefficient (Wildman–Crippen LogP) is 1.53. The molecule has 0 amide bonds. The second-order valence-electron chi connectivity index (χ2n) is 3.59. The van der Waals surface area contributed by atoms with Crippen LogP contribution in [-0.4, -0.2) is 26.0 Å². The van der Waals surface area contributed by atoms with Crippen LogP contribution in [0.4, 0.5) is 5.82 Å². The standard InChI is InChI=1S/C11H9N3O4/c15-11(16)9(7-4-2-1-3-5-7)10-12-6-8(13-10)14(17)18/h1-6,9H,(H,12,13)(H,15,16). The Labute approximate surface area is 101 Å². The number of aliphatic carboxylic acids is 1. The van der Waals surface area contributed by atoms with E-state index in [-0.39, 0.29) is 11.6 Å². The first kappa shape index (κ1) is 11.8. The van der Waals surface area contributed by atoms with Crippen LogP contribution in [0.2, 0.25) is 0 Å². The molecular weight excluding hydrogens is 238 g/mol. The summed E-state index contributed by atoms with van der Waals surface area (Å²) in [7, 11) is 0. The summed E-state index contributed by atoms with van der Waals surface area (Å²) in [4.78, 5) is 27.3. The van der Waals surface area contributed by atoms with Crippen molar-refractivity contribution in [3.8, 4) is 0 Å². The maximum Gasteiger partial charge on any atom is 0.340 e. The van der Waals surface area contributed by atoms with Crippen molar-refractivity contribution in [3.63, 3.8) is 0 Å². The van der Waals surface area contributed by atoms with Gasteiger partial charge in [0, 0.05) is 0 Å². The Morgan fingerprint density at radius 1 is 1.39 bits per heavy atom. The minimum Gasteiger partial charge on any atom is -0.480 e. The van der Waals surface area contributed by atoms with Gasteiger partial charge in [0.1, 0.15) is 6.20 Å². The Hall–Kier alpha value is -2.70. The molecule has 1 atom stereocenters. The van der Waals surface area contributed by atoms with Crippen LogP contribution in [-0.2, 0) is 4.79 Å². The molecule has 1 heterocycles. The fraction of sp³-hybridized carbons (Fsp3) is 0.0909. The molecule has 7 heteroatoms. The molecule has 2 aromatic rings. The number of rotatable bonds is 4. The average Bonchev–Trinajstić information content (AvgIpc) is 2.79.